The molecule has 11 nitrogen and oxygen atoms in total. The Morgan fingerprint density at radius 3 is 2.49 bits per heavy atom. The number of aromatic nitrogens is 2. The Morgan fingerprint density at radius 2 is 1.79 bits per heavy atom. The highest BCUT2D eigenvalue weighted by Crippen LogP contribution is 2.37. The minimum Gasteiger partial charge on any atom is -0.471 e. The van der Waals surface area contributed by atoms with Crippen molar-refractivity contribution in [1.29, 1.82) is 0 Å². The van der Waals surface area contributed by atoms with Crippen LogP contribution in [0.3, 0.4) is 0 Å². The third-order valence-electron chi connectivity index (χ3n) is 7.91. The molecule has 1 N–H and O–H groups in total. The van der Waals surface area contributed by atoms with Crippen LogP contribution in [-0.2, 0) is 29.7 Å². The molecule has 3 aliphatic rings. The van der Waals surface area contributed by atoms with Crippen molar-refractivity contribution in [2.24, 2.45) is 5.41 Å². The van der Waals surface area contributed by atoms with E-state index < -0.39 is 71.3 Å². The lowest BCUT2D eigenvalue weighted by Crippen LogP contribution is -2.57. The van der Waals surface area contributed by atoms with Crippen LogP contribution in [0.15, 0.2) is 36.4 Å². The van der Waals surface area contributed by atoms with Crippen LogP contribution < -0.4 is 10.1 Å². The number of amides is 2. The van der Waals surface area contributed by atoms with Crippen LogP contribution >= 0.6 is 0 Å². The predicted molar refractivity (Wildman–Crippen MR) is 149 cm³/mol. The molecule has 2 amide bonds. The highest BCUT2D eigenvalue weighted by atomic mass is 19.3. The van der Waals surface area contributed by atoms with Crippen LogP contribution in [0.4, 0.5) is 13.6 Å². The zero-order valence-electron chi connectivity index (χ0n) is 24.5. The van der Waals surface area contributed by atoms with Crippen LogP contribution in [0.5, 0.6) is 5.88 Å². The van der Waals surface area contributed by atoms with E-state index in [1.807, 2.05) is 0 Å². The van der Waals surface area contributed by atoms with Crippen molar-refractivity contribution in [3.8, 4) is 5.88 Å². The molecule has 2 aromatic rings. The number of para-hydroxylation sites is 2. The second kappa shape index (κ2) is 12.0. The zero-order chi connectivity index (χ0) is 30.9. The molecule has 2 bridgehead atoms. The molecule has 13 heteroatoms. The smallest absolute Gasteiger partial charge is 0.408 e. The normalized spacial score (nSPS) is 28.9. The SMILES string of the molecule is COC(=O)[C@@H]1C[C@@H]2CN1C(=O)[C@H](C(C)(C)C)NC(=O)O[C@@H]1CCC[C@H]1OC/C=C/C(F)(F)c1nc3ccccc3nc1O2. The molecular formula is C30H36F2N4O7. The molecule has 0 radical (unpaired) electrons. The minimum atomic E-state index is -3.60. The van der Waals surface area contributed by atoms with E-state index in [1.54, 1.807) is 45.0 Å². The van der Waals surface area contributed by atoms with Crippen molar-refractivity contribution < 1.29 is 42.1 Å². The fraction of sp³-hybridized carbons (Fsp3) is 0.567. The molecule has 1 saturated heterocycles. The van der Waals surface area contributed by atoms with Crippen molar-refractivity contribution in [2.45, 2.75) is 82.8 Å². The van der Waals surface area contributed by atoms with Gasteiger partial charge >= 0.3 is 18.0 Å². The van der Waals surface area contributed by atoms with Gasteiger partial charge in [-0.05, 0) is 42.9 Å². The van der Waals surface area contributed by atoms with E-state index in [4.69, 9.17) is 18.9 Å². The van der Waals surface area contributed by atoms with Crippen molar-refractivity contribution in [2.75, 3.05) is 20.3 Å². The lowest BCUT2D eigenvalue weighted by molar-refractivity contribution is -0.152. The Morgan fingerprint density at radius 1 is 1.09 bits per heavy atom. The molecule has 5 atom stereocenters. The summed E-state index contributed by atoms with van der Waals surface area (Å²) in [5, 5.41) is 2.69. The average molecular weight is 603 g/mol. The molecule has 232 valence electrons. The van der Waals surface area contributed by atoms with Gasteiger partial charge in [-0.1, -0.05) is 39.0 Å². The van der Waals surface area contributed by atoms with Crippen LogP contribution in [0.1, 0.15) is 52.1 Å². The second-order valence-electron chi connectivity index (χ2n) is 12.1. The fourth-order valence-electron chi connectivity index (χ4n) is 5.70. The van der Waals surface area contributed by atoms with Gasteiger partial charge in [0, 0.05) is 6.42 Å². The Hall–Kier alpha value is -3.87. The van der Waals surface area contributed by atoms with Gasteiger partial charge in [0.15, 0.2) is 5.69 Å². The summed E-state index contributed by atoms with van der Waals surface area (Å²) in [4.78, 5) is 49.6. The first-order valence-electron chi connectivity index (χ1n) is 14.3. The highest BCUT2D eigenvalue weighted by molar-refractivity contribution is 5.91. The van der Waals surface area contributed by atoms with Gasteiger partial charge in [0.05, 0.1) is 37.4 Å². The number of carbonyl (C=O) groups is 3. The molecule has 2 fully saturated rings. The monoisotopic (exact) mass is 602 g/mol. The number of rotatable bonds is 1. The first kappa shape index (κ1) is 30.6. The number of hydrogen-bond acceptors (Lipinski definition) is 9. The van der Waals surface area contributed by atoms with Crippen LogP contribution in [0.2, 0.25) is 0 Å². The third kappa shape index (κ3) is 6.56. The first-order valence-corrected chi connectivity index (χ1v) is 14.3. The van der Waals surface area contributed by atoms with Crippen molar-refractivity contribution in [1.82, 2.24) is 20.2 Å². The number of fused-ring (bicyclic) bond motifs is 5. The van der Waals surface area contributed by atoms with Gasteiger partial charge in [0.1, 0.15) is 24.3 Å². The summed E-state index contributed by atoms with van der Waals surface area (Å²) in [7, 11) is 1.19. The number of esters is 1. The summed E-state index contributed by atoms with van der Waals surface area (Å²) in [5.41, 5.74) is -0.900. The quantitative estimate of drug-likeness (QED) is 0.382. The minimum absolute atomic E-state index is 0.0489. The topological polar surface area (TPSA) is 129 Å². The summed E-state index contributed by atoms with van der Waals surface area (Å²) in [6.45, 7) is 5.01. The van der Waals surface area contributed by atoms with E-state index >= 15 is 8.78 Å². The molecule has 1 aromatic heterocycles. The standard InChI is InChI=1S/C30H36F2N4O7/c1-29(2,3)24-26(37)36-16-17(15-20(36)27(38)40-4)42-25-23(33-18-9-5-6-10-19(18)34-25)30(31,32)13-8-14-41-21-11-7-12-22(21)43-28(39)35-24/h5-6,8-10,13,17,20-22,24H,7,11-12,14-16H2,1-4H3,(H,35,39)/b13-8+/t17-,20+,21-,22-,24-/m1/s1. The fourth-order valence-corrected chi connectivity index (χ4v) is 5.70. The number of nitrogens with zero attached hydrogens (tertiary/aromatic N) is 3. The summed E-state index contributed by atoms with van der Waals surface area (Å²) in [6, 6.07) is 4.38. The molecule has 3 heterocycles. The number of carbonyl (C=O) groups excluding carboxylic acids is 3. The van der Waals surface area contributed by atoms with Crippen LogP contribution in [0.25, 0.3) is 11.0 Å². The van der Waals surface area contributed by atoms with E-state index in [-0.39, 0.29) is 25.1 Å². The highest BCUT2D eigenvalue weighted by Gasteiger charge is 2.47. The molecule has 43 heavy (non-hydrogen) atoms. The lowest BCUT2D eigenvalue weighted by Gasteiger charge is -2.35. The number of halogens is 2. The van der Waals surface area contributed by atoms with Gasteiger partial charge in [0.25, 0.3) is 0 Å². The number of methoxy groups -OCH3 is 1. The number of alkyl halides is 2. The molecule has 2 aliphatic heterocycles. The van der Waals surface area contributed by atoms with E-state index in [0.717, 1.165) is 0 Å². The van der Waals surface area contributed by atoms with E-state index in [9.17, 15) is 14.4 Å². The Bertz CT molecular complexity index is 1410. The van der Waals surface area contributed by atoms with Crippen LogP contribution in [-0.4, -0.2) is 83.5 Å². The number of benzene rings is 1. The number of allylic oxidation sites excluding steroid dienone is 1. The largest absolute Gasteiger partial charge is 0.471 e. The number of alkyl carbamates (subject to hydrolysis) is 1. The third-order valence-corrected chi connectivity index (χ3v) is 7.91. The summed E-state index contributed by atoms with van der Waals surface area (Å²) >= 11 is 0. The Balaban J connectivity index is 1.57. The van der Waals surface area contributed by atoms with Gasteiger partial charge in [-0.15, -0.1) is 0 Å². The summed E-state index contributed by atoms with van der Waals surface area (Å²) < 4.78 is 53.8. The molecular weight excluding hydrogens is 566 g/mol. The van der Waals surface area contributed by atoms with Gasteiger partial charge in [-0.3, -0.25) is 4.79 Å². The maximum atomic E-state index is 15.7. The molecule has 0 spiro atoms. The Labute approximate surface area is 247 Å². The zero-order valence-corrected chi connectivity index (χ0v) is 24.5. The number of hydrogen-bond donors (Lipinski definition) is 1. The van der Waals surface area contributed by atoms with Crippen molar-refractivity contribution in [3.63, 3.8) is 0 Å². The molecule has 1 aliphatic carbocycles. The van der Waals surface area contributed by atoms with Gasteiger partial charge in [0.2, 0.25) is 11.8 Å². The van der Waals surface area contributed by atoms with E-state index in [1.165, 1.54) is 18.1 Å². The number of nitrogens with one attached hydrogen (secondary N) is 1. The van der Waals surface area contributed by atoms with Crippen molar-refractivity contribution >= 4 is 29.0 Å². The van der Waals surface area contributed by atoms with Crippen LogP contribution in [0, 0.1) is 5.41 Å². The molecule has 5 rings (SSSR count). The summed E-state index contributed by atoms with van der Waals surface area (Å²) in [6.07, 6.45) is 0.799. The van der Waals surface area contributed by atoms with Gasteiger partial charge < -0.3 is 29.2 Å². The second-order valence-corrected chi connectivity index (χ2v) is 12.1. The molecule has 0 unspecified atom stereocenters. The van der Waals surface area contributed by atoms with E-state index in [2.05, 4.69) is 15.3 Å². The maximum Gasteiger partial charge on any atom is 0.408 e. The van der Waals surface area contributed by atoms with E-state index in [0.29, 0.717) is 30.9 Å². The number of ether oxygens (including phenoxy) is 4. The lowest BCUT2D eigenvalue weighted by atomic mass is 9.85. The van der Waals surface area contributed by atoms with Gasteiger partial charge in [-0.2, -0.15) is 8.78 Å². The molecule has 1 aromatic carbocycles. The molecule has 1 saturated carbocycles. The maximum absolute atomic E-state index is 15.7. The predicted octanol–water partition coefficient (Wildman–Crippen LogP) is 3.89. The Kier molecular flexibility index (Phi) is 8.55. The van der Waals surface area contributed by atoms with Gasteiger partial charge in [-0.25, -0.2) is 19.6 Å². The van der Waals surface area contributed by atoms with Crippen molar-refractivity contribution in [3.05, 3.63) is 42.1 Å². The first-order chi connectivity index (χ1) is 20.4. The average Bonchev–Trinajstić information content (AvgIpc) is 3.58. The summed E-state index contributed by atoms with van der Waals surface area (Å²) in [5.74, 6) is -5.28.